The number of carbonyl (C=O) groups excluding carboxylic acids is 1. The van der Waals surface area contributed by atoms with Crippen LogP contribution in [0, 0.1) is 5.82 Å². The van der Waals surface area contributed by atoms with Gasteiger partial charge in [-0.25, -0.2) is 9.18 Å². The Morgan fingerprint density at radius 1 is 1.26 bits per heavy atom. The summed E-state index contributed by atoms with van der Waals surface area (Å²) in [6.45, 7) is 4.57. The van der Waals surface area contributed by atoms with Crippen LogP contribution in [-0.2, 0) is 9.59 Å². The number of aromatic hydroxyl groups is 1. The number of amides is 1. The van der Waals surface area contributed by atoms with E-state index in [9.17, 15) is 24.2 Å². The number of carboxylic acid groups (broad SMARTS) is 1. The van der Waals surface area contributed by atoms with Crippen LogP contribution in [0.25, 0.3) is 0 Å². The van der Waals surface area contributed by atoms with E-state index in [0.29, 0.717) is 0 Å². The van der Waals surface area contributed by atoms with Gasteiger partial charge in [-0.2, -0.15) is 0 Å². The van der Waals surface area contributed by atoms with Crippen molar-refractivity contribution in [2.75, 3.05) is 0 Å². The van der Waals surface area contributed by atoms with E-state index in [0.717, 1.165) is 23.1 Å². The Hall–Kier alpha value is -2.11. The average Bonchev–Trinajstić information content (AvgIpc) is 2.22. The lowest BCUT2D eigenvalue weighted by Gasteiger charge is -2.31. The van der Waals surface area contributed by atoms with Crippen LogP contribution in [0.15, 0.2) is 18.2 Å². The topological polar surface area (TPSA) is 77.8 Å². The van der Waals surface area contributed by atoms with E-state index in [-0.39, 0.29) is 17.4 Å². The molecule has 0 spiro atoms. The second-order valence-electron chi connectivity index (χ2n) is 4.50. The second kappa shape index (κ2) is 5.69. The van der Waals surface area contributed by atoms with Crippen molar-refractivity contribution in [3.8, 4) is 5.75 Å². The maximum atomic E-state index is 13.3. The van der Waals surface area contributed by atoms with E-state index in [2.05, 4.69) is 0 Å². The lowest BCUT2D eigenvalue weighted by molar-refractivity contribution is -0.151. The molecule has 0 fully saturated rings. The molecular weight excluding hydrogens is 253 g/mol. The number of phenols is 1. The first-order valence-electron chi connectivity index (χ1n) is 5.75. The molecule has 6 heteroatoms. The zero-order chi connectivity index (χ0) is 14.7. The largest absolute Gasteiger partial charge is 0.508 e. The highest BCUT2D eigenvalue weighted by Crippen LogP contribution is 2.27. The molecule has 0 radical (unpaired) electrons. The van der Waals surface area contributed by atoms with Gasteiger partial charge in [-0.05, 0) is 31.5 Å². The summed E-state index contributed by atoms with van der Waals surface area (Å²) < 4.78 is 13.3. The molecule has 0 heterocycles. The summed E-state index contributed by atoms with van der Waals surface area (Å²) in [5, 5.41) is 18.6. The molecule has 1 rings (SSSR count). The molecule has 1 aromatic carbocycles. The Balaban J connectivity index is 3.34. The van der Waals surface area contributed by atoms with Gasteiger partial charge < -0.3 is 15.1 Å². The Labute approximate surface area is 110 Å². The Bertz CT molecular complexity index is 481. The number of rotatable bonds is 4. The van der Waals surface area contributed by atoms with E-state index < -0.39 is 23.7 Å². The second-order valence-corrected chi connectivity index (χ2v) is 4.50. The van der Waals surface area contributed by atoms with Crippen molar-refractivity contribution in [2.24, 2.45) is 0 Å². The van der Waals surface area contributed by atoms with Crippen LogP contribution in [-0.4, -0.2) is 33.0 Å². The molecule has 0 saturated carbocycles. The van der Waals surface area contributed by atoms with Gasteiger partial charge in [0.2, 0.25) is 5.91 Å². The molecular formula is C13H16FNO4. The van der Waals surface area contributed by atoms with Gasteiger partial charge in [0.05, 0.1) is 0 Å². The van der Waals surface area contributed by atoms with Crippen LogP contribution >= 0.6 is 0 Å². The van der Waals surface area contributed by atoms with E-state index in [1.807, 2.05) is 0 Å². The number of carboxylic acids is 1. The van der Waals surface area contributed by atoms with Crippen LogP contribution in [0.2, 0.25) is 0 Å². The number of carbonyl (C=O) groups is 2. The molecule has 5 nitrogen and oxygen atoms in total. The first-order chi connectivity index (χ1) is 8.73. The lowest BCUT2D eigenvalue weighted by atomic mass is 10.0. The number of aliphatic carboxylic acids is 1. The van der Waals surface area contributed by atoms with E-state index in [4.69, 9.17) is 0 Å². The summed E-state index contributed by atoms with van der Waals surface area (Å²) in [5.41, 5.74) is 0.0221. The first kappa shape index (κ1) is 14.9. The number of phenolic OH excluding ortho intramolecular Hbond substituents is 1. The standard InChI is InChI=1S/C13H16FNO4/c1-7(2)15(8(3)16)12(13(18)19)9-4-10(14)6-11(17)5-9/h4-7,12,17H,1-3H3,(H,18,19). The number of hydrogen-bond donors (Lipinski definition) is 2. The summed E-state index contributed by atoms with van der Waals surface area (Å²) >= 11 is 0. The molecule has 0 aliphatic carbocycles. The van der Waals surface area contributed by atoms with Gasteiger partial charge in [-0.1, -0.05) is 0 Å². The minimum Gasteiger partial charge on any atom is -0.508 e. The smallest absolute Gasteiger partial charge is 0.331 e. The number of halogens is 1. The predicted molar refractivity (Wildman–Crippen MR) is 66.1 cm³/mol. The van der Waals surface area contributed by atoms with Crippen LogP contribution in [0.4, 0.5) is 4.39 Å². The fraction of sp³-hybridized carbons (Fsp3) is 0.385. The van der Waals surface area contributed by atoms with Crippen LogP contribution < -0.4 is 0 Å². The highest BCUT2D eigenvalue weighted by Gasteiger charge is 2.31. The summed E-state index contributed by atoms with van der Waals surface area (Å²) in [7, 11) is 0. The van der Waals surface area contributed by atoms with E-state index in [1.54, 1.807) is 13.8 Å². The van der Waals surface area contributed by atoms with Crippen molar-refractivity contribution in [3.63, 3.8) is 0 Å². The van der Waals surface area contributed by atoms with Crippen LogP contribution in [0.3, 0.4) is 0 Å². The molecule has 19 heavy (non-hydrogen) atoms. The third-order valence-corrected chi connectivity index (χ3v) is 2.65. The van der Waals surface area contributed by atoms with Gasteiger partial charge in [0.25, 0.3) is 0 Å². The molecule has 0 aliphatic rings. The fourth-order valence-corrected chi connectivity index (χ4v) is 2.02. The summed E-state index contributed by atoms with van der Waals surface area (Å²) in [6.07, 6.45) is 0. The lowest BCUT2D eigenvalue weighted by Crippen LogP contribution is -2.42. The van der Waals surface area contributed by atoms with E-state index >= 15 is 0 Å². The molecule has 0 aromatic heterocycles. The summed E-state index contributed by atoms with van der Waals surface area (Å²) in [5.74, 6) is -2.86. The molecule has 104 valence electrons. The fourth-order valence-electron chi connectivity index (χ4n) is 2.02. The molecule has 1 amide bonds. The van der Waals surface area contributed by atoms with Crippen molar-refractivity contribution in [1.29, 1.82) is 0 Å². The Kier molecular flexibility index (Phi) is 4.47. The zero-order valence-electron chi connectivity index (χ0n) is 10.9. The number of nitrogens with zero attached hydrogens (tertiary/aromatic N) is 1. The highest BCUT2D eigenvalue weighted by atomic mass is 19.1. The maximum absolute atomic E-state index is 13.3. The molecule has 1 aromatic rings. The minimum absolute atomic E-state index is 0.0221. The van der Waals surface area contributed by atoms with Crippen molar-refractivity contribution >= 4 is 11.9 Å². The van der Waals surface area contributed by atoms with Gasteiger partial charge in [0.1, 0.15) is 11.6 Å². The van der Waals surface area contributed by atoms with Crippen molar-refractivity contribution < 1.29 is 24.2 Å². The van der Waals surface area contributed by atoms with Gasteiger partial charge in [-0.3, -0.25) is 4.79 Å². The van der Waals surface area contributed by atoms with Gasteiger partial charge in [0, 0.05) is 19.0 Å². The first-order valence-corrected chi connectivity index (χ1v) is 5.75. The third-order valence-electron chi connectivity index (χ3n) is 2.65. The SMILES string of the molecule is CC(=O)N(C(C)C)C(C(=O)O)c1cc(O)cc(F)c1. The quantitative estimate of drug-likeness (QED) is 0.875. The molecule has 0 aliphatic heterocycles. The van der Waals surface area contributed by atoms with Gasteiger partial charge in [0.15, 0.2) is 6.04 Å². The van der Waals surface area contributed by atoms with Crippen LogP contribution in [0.1, 0.15) is 32.4 Å². The van der Waals surface area contributed by atoms with Crippen molar-refractivity contribution in [2.45, 2.75) is 32.9 Å². The van der Waals surface area contributed by atoms with Crippen molar-refractivity contribution in [1.82, 2.24) is 4.90 Å². The molecule has 1 atom stereocenters. The van der Waals surface area contributed by atoms with Crippen molar-refractivity contribution in [3.05, 3.63) is 29.6 Å². The van der Waals surface area contributed by atoms with Gasteiger partial charge in [-0.15, -0.1) is 0 Å². The Morgan fingerprint density at radius 3 is 2.21 bits per heavy atom. The Morgan fingerprint density at radius 2 is 1.84 bits per heavy atom. The average molecular weight is 269 g/mol. The number of benzene rings is 1. The molecule has 2 N–H and O–H groups in total. The number of hydrogen-bond acceptors (Lipinski definition) is 3. The molecule has 0 saturated heterocycles. The van der Waals surface area contributed by atoms with Gasteiger partial charge >= 0.3 is 5.97 Å². The van der Waals surface area contributed by atoms with Crippen LogP contribution in [0.5, 0.6) is 5.75 Å². The monoisotopic (exact) mass is 269 g/mol. The minimum atomic E-state index is -1.33. The maximum Gasteiger partial charge on any atom is 0.331 e. The normalized spacial score (nSPS) is 12.3. The highest BCUT2D eigenvalue weighted by molar-refractivity contribution is 5.83. The molecule has 1 unspecified atom stereocenters. The predicted octanol–water partition coefficient (Wildman–Crippen LogP) is 1.91. The summed E-state index contributed by atoms with van der Waals surface area (Å²) in [4.78, 5) is 24.1. The molecule has 0 bridgehead atoms. The zero-order valence-corrected chi connectivity index (χ0v) is 10.9. The summed E-state index contributed by atoms with van der Waals surface area (Å²) in [6, 6.07) is 1.30. The van der Waals surface area contributed by atoms with E-state index in [1.165, 1.54) is 6.92 Å². The third kappa shape index (κ3) is 3.43.